The van der Waals surface area contributed by atoms with Crippen LogP contribution < -0.4 is 10.6 Å². The summed E-state index contributed by atoms with van der Waals surface area (Å²) in [6.45, 7) is 9.25. The van der Waals surface area contributed by atoms with Gasteiger partial charge in [-0.25, -0.2) is 0 Å². The van der Waals surface area contributed by atoms with Gasteiger partial charge < -0.3 is 15.5 Å². The van der Waals surface area contributed by atoms with E-state index in [2.05, 4.69) is 40.6 Å². The second-order valence-electron chi connectivity index (χ2n) is 5.96. The van der Waals surface area contributed by atoms with Crippen molar-refractivity contribution in [2.45, 2.75) is 39.2 Å². The van der Waals surface area contributed by atoms with Crippen molar-refractivity contribution < 1.29 is 0 Å². The second kappa shape index (κ2) is 12.8. The number of piperidine rings is 1. The molecule has 1 aliphatic rings. The molecule has 0 atom stereocenters. The van der Waals surface area contributed by atoms with Gasteiger partial charge in [-0.2, -0.15) is 11.8 Å². The van der Waals surface area contributed by atoms with Gasteiger partial charge in [0.25, 0.3) is 0 Å². The van der Waals surface area contributed by atoms with Gasteiger partial charge in [-0.1, -0.05) is 13.8 Å². The van der Waals surface area contributed by atoms with Gasteiger partial charge in [-0.05, 0) is 37.2 Å². The standard InChI is InChI=1S/C15H32N4S.HI/c1-13(2)12-19-9-6-14(7-10-19)18-15(16-3)17-8-5-11-20-4;/h13-14H,5-12H2,1-4H3,(H2,16,17,18);1H. The number of halogens is 1. The van der Waals surface area contributed by atoms with E-state index in [4.69, 9.17) is 0 Å². The molecule has 6 heteroatoms. The first-order valence-corrected chi connectivity index (χ1v) is 9.23. The van der Waals surface area contributed by atoms with E-state index in [9.17, 15) is 0 Å². The zero-order valence-corrected chi connectivity index (χ0v) is 17.2. The van der Waals surface area contributed by atoms with Crippen LogP contribution in [-0.2, 0) is 0 Å². The zero-order chi connectivity index (χ0) is 14.8. The molecule has 1 heterocycles. The van der Waals surface area contributed by atoms with E-state index in [1.807, 2.05) is 18.8 Å². The van der Waals surface area contributed by atoms with Crippen molar-refractivity contribution in [3.05, 3.63) is 0 Å². The first-order chi connectivity index (χ1) is 9.65. The molecule has 0 aromatic heterocycles. The number of aliphatic imine (C=N–C) groups is 1. The molecule has 0 bridgehead atoms. The summed E-state index contributed by atoms with van der Waals surface area (Å²) in [5, 5.41) is 6.97. The molecule has 1 rings (SSSR count). The SMILES string of the molecule is CN=C(NCCCSC)NC1CCN(CC(C)C)CC1.I. The van der Waals surface area contributed by atoms with Crippen LogP contribution in [0.4, 0.5) is 0 Å². The molecule has 0 amide bonds. The van der Waals surface area contributed by atoms with Crippen molar-refractivity contribution in [2.24, 2.45) is 10.9 Å². The number of hydrogen-bond donors (Lipinski definition) is 2. The third-order valence-electron chi connectivity index (χ3n) is 3.59. The lowest BCUT2D eigenvalue weighted by molar-refractivity contribution is 0.187. The Kier molecular flexibility index (Phi) is 13.0. The average molecular weight is 428 g/mol. The normalized spacial score (nSPS) is 17.7. The lowest BCUT2D eigenvalue weighted by Gasteiger charge is -2.34. The predicted octanol–water partition coefficient (Wildman–Crippen LogP) is 2.64. The molecule has 4 nitrogen and oxygen atoms in total. The maximum Gasteiger partial charge on any atom is 0.191 e. The van der Waals surface area contributed by atoms with Gasteiger partial charge in [0, 0.05) is 39.3 Å². The molecular weight excluding hydrogens is 395 g/mol. The third kappa shape index (κ3) is 9.84. The van der Waals surface area contributed by atoms with E-state index in [0.29, 0.717) is 6.04 Å². The number of likely N-dealkylation sites (tertiary alicyclic amines) is 1. The van der Waals surface area contributed by atoms with Crippen molar-refractivity contribution in [3.8, 4) is 0 Å². The van der Waals surface area contributed by atoms with Crippen molar-refractivity contribution in [1.82, 2.24) is 15.5 Å². The summed E-state index contributed by atoms with van der Waals surface area (Å²) in [7, 11) is 1.86. The van der Waals surface area contributed by atoms with Crippen molar-refractivity contribution >= 4 is 41.7 Å². The molecule has 0 aromatic carbocycles. The topological polar surface area (TPSA) is 39.7 Å². The zero-order valence-electron chi connectivity index (χ0n) is 14.0. The fraction of sp³-hybridized carbons (Fsp3) is 0.933. The first-order valence-electron chi connectivity index (χ1n) is 7.84. The molecular formula is C15H33IN4S. The molecule has 0 radical (unpaired) electrons. The van der Waals surface area contributed by atoms with E-state index >= 15 is 0 Å². The molecule has 0 aliphatic carbocycles. The minimum Gasteiger partial charge on any atom is -0.356 e. The summed E-state index contributed by atoms with van der Waals surface area (Å²) >= 11 is 1.90. The second-order valence-corrected chi connectivity index (χ2v) is 6.94. The summed E-state index contributed by atoms with van der Waals surface area (Å²) in [5.74, 6) is 2.94. The van der Waals surface area contributed by atoms with Crippen LogP contribution in [0.2, 0.25) is 0 Å². The summed E-state index contributed by atoms with van der Waals surface area (Å²) in [5.41, 5.74) is 0. The molecule has 2 N–H and O–H groups in total. The van der Waals surface area contributed by atoms with Crippen LogP contribution in [0, 0.1) is 5.92 Å². The Morgan fingerprint density at radius 2 is 2.00 bits per heavy atom. The molecule has 1 saturated heterocycles. The van der Waals surface area contributed by atoms with Crippen LogP contribution in [0.1, 0.15) is 33.1 Å². The van der Waals surface area contributed by atoms with Gasteiger partial charge in [-0.3, -0.25) is 4.99 Å². The number of thioether (sulfide) groups is 1. The summed E-state index contributed by atoms with van der Waals surface area (Å²) in [4.78, 5) is 6.90. The van der Waals surface area contributed by atoms with Crippen LogP contribution in [0.15, 0.2) is 4.99 Å². The van der Waals surface area contributed by atoms with Crippen molar-refractivity contribution in [3.63, 3.8) is 0 Å². The summed E-state index contributed by atoms with van der Waals surface area (Å²) in [6, 6.07) is 0.574. The van der Waals surface area contributed by atoms with Gasteiger partial charge in [0.2, 0.25) is 0 Å². The van der Waals surface area contributed by atoms with Crippen LogP contribution in [0.5, 0.6) is 0 Å². The van der Waals surface area contributed by atoms with Crippen LogP contribution in [0.3, 0.4) is 0 Å². The smallest absolute Gasteiger partial charge is 0.191 e. The van der Waals surface area contributed by atoms with Crippen LogP contribution >= 0.6 is 35.7 Å². The predicted molar refractivity (Wildman–Crippen MR) is 107 cm³/mol. The fourth-order valence-corrected chi connectivity index (χ4v) is 3.02. The van der Waals surface area contributed by atoms with E-state index in [0.717, 1.165) is 18.4 Å². The molecule has 0 aromatic rings. The van der Waals surface area contributed by atoms with Gasteiger partial charge in [0.15, 0.2) is 5.96 Å². The highest BCUT2D eigenvalue weighted by Crippen LogP contribution is 2.11. The summed E-state index contributed by atoms with van der Waals surface area (Å²) in [6.07, 6.45) is 5.78. The minimum atomic E-state index is 0. The fourth-order valence-electron chi connectivity index (χ4n) is 2.59. The molecule has 1 aliphatic heterocycles. The van der Waals surface area contributed by atoms with E-state index in [1.165, 1.54) is 44.6 Å². The number of rotatable bonds is 7. The maximum atomic E-state index is 4.32. The maximum absolute atomic E-state index is 4.32. The van der Waals surface area contributed by atoms with Crippen LogP contribution in [-0.4, -0.2) is 62.1 Å². The van der Waals surface area contributed by atoms with E-state index in [-0.39, 0.29) is 24.0 Å². The Bertz CT molecular complexity index is 279. The molecule has 0 unspecified atom stereocenters. The lowest BCUT2D eigenvalue weighted by atomic mass is 10.0. The quantitative estimate of drug-likeness (QED) is 0.283. The highest BCUT2D eigenvalue weighted by atomic mass is 127. The Balaban J connectivity index is 0.00000400. The largest absolute Gasteiger partial charge is 0.356 e. The van der Waals surface area contributed by atoms with Crippen molar-refractivity contribution in [1.29, 1.82) is 0 Å². The Hall–Kier alpha value is 0.310. The van der Waals surface area contributed by atoms with E-state index in [1.54, 1.807) is 0 Å². The van der Waals surface area contributed by atoms with Gasteiger partial charge in [-0.15, -0.1) is 24.0 Å². The van der Waals surface area contributed by atoms with E-state index < -0.39 is 0 Å². The molecule has 0 saturated carbocycles. The molecule has 126 valence electrons. The molecule has 1 fully saturated rings. The third-order valence-corrected chi connectivity index (χ3v) is 4.29. The number of nitrogens with zero attached hydrogens (tertiary/aromatic N) is 2. The number of hydrogen-bond acceptors (Lipinski definition) is 3. The lowest BCUT2D eigenvalue weighted by Crippen LogP contribution is -2.49. The summed E-state index contributed by atoms with van der Waals surface area (Å²) < 4.78 is 0. The van der Waals surface area contributed by atoms with Crippen LogP contribution in [0.25, 0.3) is 0 Å². The number of nitrogens with one attached hydrogen (secondary N) is 2. The van der Waals surface area contributed by atoms with Gasteiger partial charge in [0.1, 0.15) is 0 Å². The van der Waals surface area contributed by atoms with Gasteiger partial charge in [0.05, 0.1) is 0 Å². The Labute approximate surface area is 152 Å². The van der Waals surface area contributed by atoms with Crippen molar-refractivity contribution in [2.75, 3.05) is 45.2 Å². The monoisotopic (exact) mass is 428 g/mol. The molecule has 21 heavy (non-hydrogen) atoms. The number of guanidine groups is 1. The van der Waals surface area contributed by atoms with Gasteiger partial charge >= 0.3 is 0 Å². The first kappa shape index (κ1) is 21.3. The molecule has 0 spiro atoms. The highest BCUT2D eigenvalue weighted by Gasteiger charge is 2.20. The average Bonchev–Trinajstić information content (AvgIpc) is 2.43. The highest BCUT2D eigenvalue weighted by molar-refractivity contribution is 14.0. The Morgan fingerprint density at radius 3 is 2.52 bits per heavy atom. The minimum absolute atomic E-state index is 0. The Morgan fingerprint density at radius 1 is 1.33 bits per heavy atom.